The fourth-order valence-electron chi connectivity index (χ4n) is 3.48. The number of hydrogen-bond acceptors (Lipinski definition) is 4. The third kappa shape index (κ3) is 6.98. The summed E-state index contributed by atoms with van der Waals surface area (Å²) in [7, 11) is 0. The molecule has 0 saturated carbocycles. The lowest BCUT2D eigenvalue weighted by molar-refractivity contribution is -0.132. The van der Waals surface area contributed by atoms with Gasteiger partial charge in [-0.1, -0.05) is 19.8 Å². The molecule has 1 saturated heterocycles. The normalized spacial score (nSPS) is 16.2. The molecule has 1 heterocycles. The second-order valence-electron chi connectivity index (χ2n) is 7.58. The number of likely N-dealkylation sites (tertiary alicyclic amines) is 1. The van der Waals surface area contributed by atoms with E-state index in [4.69, 9.17) is 10.5 Å². The van der Waals surface area contributed by atoms with Gasteiger partial charge in [0.1, 0.15) is 5.75 Å². The Morgan fingerprint density at radius 2 is 1.81 bits per heavy atom. The fourth-order valence-corrected chi connectivity index (χ4v) is 3.48. The first-order valence-electron chi connectivity index (χ1n) is 10.3. The van der Waals surface area contributed by atoms with Crippen LogP contribution in [0.4, 0.5) is 0 Å². The molecular weight excluding hydrogens is 340 g/mol. The number of ketones is 1. The van der Waals surface area contributed by atoms with Gasteiger partial charge in [-0.25, -0.2) is 0 Å². The summed E-state index contributed by atoms with van der Waals surface area (Å²) >= 11 is 0. The lowest BCUT2D eigenvalue weighted by Gasteiger charge is -2.33. The summed E-state index contributed by atoms with van der Waals surface area (Å²) in [5.74, 6) is 1.36. The standard InChI is InChI=1S/C22H34N2O3/c1-3-4-5-16-27-20-8-6-19(7-9-20)21(25)10-11-22(26)24-14-12-18(13-15-24)17(2)23/h6-9,17-18H,3-5,10-16,23H2,1-2H3. The Labute approximate surface area is 163 Å². The van der Waals surface area contributed by atoms with Gasteiger partial charge in [-0.05, 0) is 56.4 Å². The number of carbonyl (C=O) groups is 2. The lowest BCUT2D eigenvalue weighted by Crippen LogP contribution is -2.42. The molecular formula is C22H34N2O3. The van der Waals surface area contributed by atoms with Crippen molar-refractivity contribution in [2.75, 3.05) is 19.7 Å². The van der Waals surface area contributed by atoms with Crippen molar-refractivity contribution < 1.29 is 14.3 Å². The van der Waals surface area contributed by atoms with Gasteiger partial charge in [0.25, 0.3) is 0 Å². The molecule has 150 valence electrons. The van der Waals surface area contributed by atoms with Crippen LogP contribution in [0.2, 0.25) is 0 Å². The molecule has 2 N–H and O–H groups in total. The van der Waals surface area contributed by atoms with Crippen molar-refractivity contribution >= 4 is 11.7 Å². The fraction of sp³-hybridized carbons (Fsp3) is 0.636. The average molecular weight is 375 g/mol. The van der Waals surface area contributed by atoms with Gasteiger partial charge in [0, 0.05) is 37.5 Å². The summed E-state index contributed by atoms with van der Waals surface area (Å²) in [6.45, 7) is 6.40. The molecule has 1 atom stereocenters. The number of ether oxygens (including phenoxy) is 1. The van der Waals surface area contributed by atoms with Crippen molar-refractivity contribution in [1.29, 1.82) is 0 Å². The van der Waals surface area contributed by atoms with Gasteiger partial charge in [0.15, 0.2) is 5.78 Å². The van der Waals surface area contributed by atoms with Crippen molar-refractivity contribution in [1.82, 2.24) is 4.90 Å². The Morgan fingerprint density at radius 1 is 1.15 bits per heavy atom. The van der Waals surface area contributed by atoms with E-state index in [1.54, 1.807) is 12.1 Å². The predicted molar refractivity (Wildman–Crippen MR) is 108 cm³/mol. The molecule has 1 unspecified atom stereocenters. The average Bonchev–Trinajstić information content (AvgIpc) is 2.69. The van der Waals surface area contributed by atoms with E-state index in [2.05, 4.69) is 6.92 Å². The smallest absolute Gasteiger partial charge is 0.223 e. The quantitative estimate of drug-likeness (QED) is 0.499. The molecule has 1 aliphatic heterocycles. The number of nitrogens with two attached hydrogens (primary N) is 1. The SMILES string of the molecule is CCCCCOc1ccc(C(=O)CCC(=O)N2CCC(C(C)N)CC2)cc1. The van der Waals surface area contributed by atoms with Gasteiger partial charge in [-0.15, -0.1) is 0 Å². The highest BCUT2D eigenvalue weighted by molar-refractivity contribution is 5.98. The molecule has 0 radical (unpaired) electrons. The molecule has 27 heavy (non-hydrogen) atoms. The maximum absolute atomic E-state index is 12.4. The maximum Gasteiger partial charge on any atom is 0.223 e. The molecule has 0 aromatic heterocycles. The van der Waals surface area contributed by atoms with E-state index in [0.29, 0.717) is 18.1 Å². The molecule has 5 nitrogen and oxygen atoms in total. The van der Waals surface area contributed by atoms with Crippen molar-refractivity contribution in [3.05, 3.63) is 29.8 Å². The third-order valence-electron chi connectivity index (χ3n) is 5.39. The number of rotatable bonds is 10. The Kier molecular flexibility index (Phi) is 8.79. The summed E-state index contributed by atoms with van der Waals surface area (Å²) in [5, 5.41) is 0. The number of Topliss-reactive ketones (excluding diaryl/α,β-unsaturated/α-hetero) is 1. The Morgan fingerprint density at radius 3 is 2.41 bits per heavy atom. The van der Waals surface area contributed by atoms with Crippen molar-refractivity contribution in [2.45, 2.75) is 64.8 Å². The number of piperidine rings is 1. The number of hydrogen-bond donors (Lipinski definition) is 1. The van der Waals surface area contributed by atoms with Gasteiger partial charge >= 0.3 is 0 Å². The van der Waals surface area contributed by atoms with Gasteiger partial charge in [-0.2, -0.15) is 0 Å². The van der Waals surface area contributed by atoms with Crippen LogP contribution in [0.1, 0.15) is 69.2 Å². The zero-order valence-corrected chi connectivity index (χ0v) is 16.8. The summed E-state index contributed by atoms with van der Waals surface area (Å²) in [6.07, 6.45) is 5.81. The highest BCUT2D eigenvalue weighted by Crippen LogP contribution is 2.21. The summed E-state index contributed by atoms with van der Waals surface area (Å²) < 4.78 is 5.66. The monoisotopic (exact) mass is 374 g/mol. The molecule has 0 aliphatic carbocycles. The molecule has 1 aliphatic rings. The highest BCUT2D eigenvalue weighted by Gasteiger charge is 2.24. The van der Waals surface area contributed by atoms with Gasteiger partial charge in [0.05, 0.1) is 6.61 Å². The molecule has 1 aromatic carbocycles. The van der Waals surface area contributed by atoms with Crippen LogP contribution in [0.5, 0.6) is 5.75 Å². The van der Waals surface area contributed by atoms with Gasteiger partial charge in [-0.3, -0.25) is 9.59 Å². The molecule has 5 heteroatoms. The molecule has 1 fully saturated rings. The van der Waals surface area contributed by atoms with E-state index in [0.717, 1.165) is 44.5 Å². The first-order valence-corrected chi connectivity index (χ1v) is 10.3. The summed E-state index contributed by atoms with van der Waals surface area (Å²) in [5.41, 5.74) is 6.58. The number of unbranched alkanes of at least 4 members (excludes halogenated alkanes) is 2. The maximum atomic E-state index is 12.4. The minimum Gasteiger partial charge on any atom is -0.494 e. The van der Waals surface area contributed by atoms with E-state index < -0.39 is 0 Å². The largest absolute Gasteiger partial charge is 0.494 e. The number of nitrogens with zero attached hydrogens (tertiary/aromatic N) is 1. The van der Waals surface area contributed by atoms with Crippen LogP contribution in [0.3, 0.4) is 0 Å². The zero-order valence-electron chi connectivity index (χ0n) is 16.8. The minimum atomic E-state index is 0.00588. The van der Waals surface area contributed by atoms with Gasteiger partial charge < -0.3 is 15.4 Å². The second kappa shape index (κ2) is 11.1. The van der Waals surface area contributed by atoms with E-state index in [1.807, 2.05) is 24.0 Å². The lowest BCUT2D eigenvalue weighted by atomic mass is 9.91. The van der Waals surface area contributed by atoms with Crippen LogP contribution in [-0.4, -0.2) is 42.3 Å². The van der Waals surface area contributed by atoms with E-state index in [9.17, 15) is 9.59 Å². The minimum absolute atomic E-state index is 0.00588. The topological polar surface area (TPSA) is 72.6 Å². The Balaban J connectivity index is 1.72. The van der Waals surface area contributed by atoms with Crippen molar-refractivity contribution in [3.63, 3.8) is 0 Å². The zero-order chi connectivity index (χ0) is 19.6. The van der Waals surface area contributed by atoms with Crippen LogP contribution in [0.25, 0.3) is 0 Å². The van der Waals surface area contributed by atoms with Crippen LogP contribution >= 0.6 is 0 Å². The third-order valence-corrected chi connectivity index (χ3v) is 5.39. The second-order valence-corrected chi connectivity index (χ2v) is 7.58. The van der Waals surface area contributed by atoms with E-state index >= 15 is 0 Å². The molecule has 2 rings (SSSR count). The van der Waals surface area contributed by atoms with Crippen molar-refractivity contribution in [2.24, 2.45) is 11.7 Å². The molecule has 0 bridgehead atoms. The Hall–Kier alpha value is -1.88. The first kappa shape index (κ1) is 21.4. The molecule has 0 spiro atoms. The number of benzene rings is 1. The van der Waals surface area contributed by atoms with Crippen LogP contribution in [0.15, 0.2) is 24.3 Å². The van der Waals surface area contributed by atoms with Gasteiger partial charge in [0.2, 0.25) is 5.91 Å². The number of carbonyl (C=O) groups excluding carboxylic acids is 2. The summed E-state index contributed by atoms with van der Waals surface area (Å²) in [6, 6.07) is 7.42. The van der Waals surface area contributed by atoms with E-state index in [-0.39, 0.29) is 30.6 Å². The van der Waals surface area contributed by atoms with Crippen LogP contribution < -0.4 is 10.5 Å². The van der Waals surface area contributed by atoms with Crippen LogP contribution in [-0.2, 0) is 4.79 Å². The Bertz CT molecular complexity index is 590. The van der Waals surface area contributed by atoms with Crippen LogP contribution in [0, 0.1) is 5.92 Å². The first-order chi connectivity index (χ1) is 13.0. The molecule has 1 amide bonds. The summed E-state index contributed by atoms with van der Waals surface area (Å²) in [4.78, 5) is 26.6. The highest BCUT2D eigenvalue weighted by atomic mass is 16.5. The predicted octanol–water partition coefficient (Wildman–Crippen LogP) is 3.80. The van der Waals surface area contributed by atoms with E-state index in [1.165, 1.54) is 6.42 Å². The number of amides is 1. The van der Waals surface area contributed by atoms with Crippen molar-refractivity contribution in [3.8, 4) is 5.75 Å². The molecule has 1 aromatic rings.